The van der Waals surface area contributed by atoms with Crippen molar-refractivity contribution in [2.24, 2.45) is 5.41 Å². The van der Waals surface area contributed by atoms with E-state index in [0.717, 1.165) is 12.0 Å². The molecule has 1 saturated carbocycles. The summed E-state index contributed by atoms with van der Waals surface area (Å²) in [6.45, 7) is 7.03. The highest BCUT2D eigenvalue weighted by atomic mass is 32.2. The number of aliphatic hydroxyl groups is 1. The number of aromatic nitrogens is 3. The Hall–Kier alpha value is -2.82. The van der Waals surface area contributed by atoms with Crippen molar-refractivity contribution < 1.29 is 22.3 Å². The summed E-state index contributed by atoms with van der Waals surface area (Å²) in [6.07, 6.45) is 1.48. The Labute approximate surface area is 209 Å². The molecule has 2 atom stereocenters. The maximum absolute atomic E-state index is 14.5. The Balaban J connectivity index is 1.62. The van der Waals surface area contributed by atoms with Gasteiger partial charge >= 0.3 is 0 Å². The zero-order valence-corrected chi connectivity index (χ0v) is 21.3. The van der Waals surface area contributed by atoms with Crippen LogP contribution in [-0.4, -0.2) is 40.9 Å². The monoisotopic (exact) mass is 514 g/mol. The number of benzene rings is 1. The molecule has 1 aromatic carbocycles. The third kappa shape index (κ3) is 3.65. The molecule has 0 amide bonds. The number of pyridine rings is 1. The van der Waals surface area contributed by atoms with Crippen LogP contribution in [0.25, 0.3) is 11.3 Å². The number of halogens is 2. The van der Waals surface area contributed by atoms with Crippen molar-refractivity contribution in [2.75, 3.05) is 6.54 Å². The fourth-order valence-corrected chi connectivity index (χ4v) is 7.07. The van der Waals surface area contributed by atoms with Crippen molar-refractivity contribution in [2.45, 2.75) is 62.5 Å². The first-order chi connectivity index (χ1) is 16.8. The molecule has 3 aromatic rings. The summed E-state index contributed by atoms with van der Waals surface area (Å²) >= 11 is 0. The SMILES string of the molecule is CC(C)(O)CNS(=O)(=O)c1cccc([C@]23CC[C@@H](c4cc(-c5c(F)cccc5F)nnc42)C3(C)C)n1. The van der Waals surface area contributed by atoms with Crippen molar-refractivity contribution >= 4 is 10.0 Å². The highest BCUT2D eigenvalue weighted by molar-refractivity contribution is 7.89. The van der Waals surface area contributed by atoms with Crippen LogP contribution in [0.4, 0.5) is 8.78 Å². The van der Waals surface area contributed by atoms with Crippen molar-refractivity contribution in [3.63, 3.8) is 0 Å². The van der Waals surface area contributed by atoms with Gasteiger partial charge in [-0.1, -0.05) is 26.0 Å². The smallest absolute Gasteiger partial charge is 0.258 e. The van der Waals surface area contributed by atoms with Gasteiger partial charge in [-0.25, -0.2) is 26.9 Å². The first kappa shape index (κ1) is 24.9. The minimum absolute atomic E-state index is 0.0342. The second-order valence-corrected chi connectivity index (χ2v) is 12.6. The van der Waals surface area contributed by atoms with E-state index in [1.807, 2.05) is 0 Å². The van der Waals surface area contributed by atoms with Crippen molar-refractivity contribution in [1.29, 1.82) is 0 Å². The second kappa shape index (κ2) is 8.09. The lowest BCUT2D eigenvalue weighted by Crippen LogP contribution is -2.40. The predicted octanol–water partition coefficient (Wildman–Crippen LogP) is 4.07. The number of rotatable bonds is 6. The molecule has 0 unspecified atom stereocenters. The molecule has 36 heavy (non-hydrogen) atoms. The number of nitrogens with zero attached hydrogens (tertiary/aromatic N) is 3. The zero-order valence-electron chi connectivity index (χ0n) is 20.5. The molecule has 0 spiro atoms. The molecule has 10 heteroatoms. The van der Waals surface area contributed by atoms with Gasteiger partial charge in [-0.05, 0) is 73.9 Å². The van der Waals surface area contributed by atoms with E-state index in [2.05, 4.69) is 33.8 Å². The largest absolute Gasteiger partial charge is 0.389 e. The van der Waals surface area contributed by atoms with Gasteiger partial charge in [-0.3, -0.25) is 0 Å². The van der Waals surface area contributed by atoms with E-state index < -0.39 is 38.1 Å². The normalized spacial score (nSPS) is 22.6. The first-order valence-electron chi connectivity index (χ1n) is 11.8. The van der Waals surface area contributed by atoms with E-state index in [9.17, 15) is 22.3 Å². The number of sulfonamides is 1. The molecular weight excluding hydrogens is 486 g/mol. The number of hydrogen-bond donors (Lipinski definition) is 2. The van der Waals surface area contributed by atoms with Crippen LogP contribution in [0.3, 0.4) is 0 Å². The summed E-state index contributed by atoms with van der Waals surface area (Å²) in [4.78, 5) is 4.58. The molecule has 2 heterocycles. The van der Waals surface area contributed by atoms with Gasteiger partial charge in [0.2, 0.25) is 0 Å². The summed E-state index contributed by atoms with van der Waals surface area (Å²) in [6, 6.07) is 10.2. The third-order valence-corrected chi connectivity index (χ3v) is 9.03. The van der Waals surface area contributed by atoms with Gasteiger partial charge in [-0.2, -0.15) is 5.10 Å². The Morgan fingerprint density at radius 2 is 1.78 bits per heavy atom. The van der Waals surface area contributed by atoms with Gasteiger partial charge in [-0.15, -0.1) is 5.10 Å². The molecule has 0 aliphatic heterocycles. The maximum Gasteiger partial charge on any atom is 0.258 e. The first-order valence-corrected chi connectivity index (χ1v) is 13.3. The van der Waals surface area contributed by atoms with Gasteiger partial charge in [0.25, 0.3) is 10.0 Å². The highest BCUT2D eigenvalue weighted by Gasteiger charge is 2.65. The van der Waals surface area contributed by atoms with Crippen LogP contribution in [-0.2, 0) is 15.4 Å². The summed E-state index contributed by atoms with van der Waals surface area (Å²) in [5, 5.41) is 18.5. The fourth-order valence-electron chi connectivity index (χ4n) is 5.90. The molecule has 2 N–H and O–H groups in total. The van der Waals surface area contributed by atoms with Gasteiger partial charge < -0.3 is 5.11 Å². The molecule has 0 saturated heterocycles. The number of nitrogens with one attached hydrogen (secondary N) is 1. The van der Waals surface area contributed by atoms with E-state index in [4.69, 9.17) is 0 Å². The van der Waals surface area contributed by atoms with Crippen molar-refractivity contribution in [1.82, 2.24) is 19.9 Å². The average Bonchev–Trinajstić information content (AvgIpc) is 3.18. The minimum Gasteiger partial charge on any atom is -0.389 e. The van der Waals surface area contributed by atoms with Gasteiger partial charge in [0.05, 0.1) is 33.7 Å². The molecule has 2 aliphatic rings. The van der Waals surface area contributed by atoms with E-state index in [-0.39, 0.29) is 28.7 Å². The molecule has 2 bridgehead atoms. The Morgan fingerprint density at radius 3 is 2.44 bits per heavy atom. The quantitative estimate of drug-likeness (QED) is 0.514. The summed E-state index contributed by atoms with van der Waals surface area (Å²) in [7, 11) is -3.97. The van der Waals surface area contributed by atoms with E-state index >= 15 is 0 Å². The predicted molar refractivity (Wildman–Crippen MR) is 130 cm³/mol. The van der Waals surface area contributed by atoms with Crippen LogP contribution >= 0.6 is 0 Å². The molecule has 0 radical (unpaired) electrons. The lowest BCUT2D eigenvalue weighted by molar-refractivity contribution is 0.0857. The standard InChI is InChI=1S/C26H28F2N4O3S/c1-24(2,33)14-29-36(34,35)21-10-6-9-20(30-21)26-12-11-16(25(26,3)4)15-13-19(31-32-23(15)26)22-17(27)7-5-8-18(22)28/h5-10,13,16,29,33H,11-12,14H2,1-4H3/t16-,26+/m0/s1. The average molecular weight is 515 g/mol. The molecule has 7 nitrogen and oxygen atoms in total. The van der Waals surface area contributed by atoms with Crippen LogP contribution < -0.4 is 4.72 Å². The second-order valence-electron chi connectivity index (χ2n) is 10.8. The van der Waals surface area contributed by atoms with Crippen LogP contribution in [0, 0.1) is 17.0 Å². The Morgan fingerprint density at radius 1 is 1.11 bits per heavy atom. The Kier molecular flexibility index (Phi) is 5.59. The number of hydrogen-bond acceptors (Lipinski definition) is 6. The topological polar surface area (TPSA) is 105 Å². The van der Waals surface area contributed by atoms with Gasteiger partial charge in [0.1, 0.15) is 11.6 Å². The molecule has 190 valence electrons. The van der Waals surface area contributed by atoms with Crippen molar-refractivity contribution in [3.8, 4) is 11.3 Å². The van der Waals surface area contributed by atoms with E-state index in [0.29, 0.717) is 17.8 Å². The summed E-state index contributed by atoms with van der Waals surface area (Å²) in [5.41, 5.74) is -0.349. The van der Waals surface area contributed by atoms with Crippen LogP contribution in [0.5, 0.6) is 0 Å². The summed E-state index contributed by atoms with van der Waals surface area (Å²) in [5.74, 6) is -1.38. The van der Waals surface area contributed by atoms with Gasteiger partial charge in [0, 0.05) is 6.54 Å². The lowest BCUT2D eigenvalue weighted by atomic mass is 9.66. The molecule has 2 aromatic heterocycles. The van der Waals surface area contributed by atoms with Crippen LogP contribution in [0.2, 0.25) is 0 Å². The maximum atomic E-state index is 14.5. The van der Waals surface area contributed by atoms with Crippen LogP contribution in [0.15, 0.2) is 47.5 Å². The molecule has 1 fully saturated rings. The molecule has 2 aliphatic carbocycles. The van der Waals surface area contributed by atoms with Crippen molar-refractivity contribution in [3.05, 3.63) is 71.1 Å². The lowest BCUT2D eigenvalue weighted by Gasteiger charge is -2.37. The molecular formula is C26H28F2N4O3S. The highest BCUT2D eigenvalue weighted by Crippen LogP contribution is 2.69. The fraction of sp³-hybridized carbons (Fsp3) is 0.423. The Bertz CT molecular complexity index is 1450. The molecule has 5 rings (SSSR count). The summed E-state index contributed by atoms with van der Waals surface area (Å²) < 4.78 is 57.2. The number of fused-ring (bicyclic) bond motifs is 5. The van der Waals surface area contributed by atoms with E-state index in [1.54, 1.807) is 18.2 Å². The third-order valence-electron chi connectivity index (χ3n) is 7.73. The zero-order chi connectivity index (χ0) is 26.1. The van der Waals surface area contributed by atoms with E-state index in [1.165, 1.54) is 38.1 Å². The van der Waals surface area contributed by atoms with Gasteiger partial charge in [0.15, 0.2) is 5.03 Å². The minimum atomic E-state index is -3.97. The van der Waals surface area contributed by atoms with Crippen LogP contribution in [0.1, 0.15) is 63.4 Å².